The van der Waals surface area contributed by atoms with E-state index in [9.17, 15) is 19.2 Å². The standard InChI is InChI=1S/C51H68N8O6/c1-28(2)42(56-48(62)64-50(5,6)7)46(60)58-23-11-13-39(58)44-52-26-37(54-44)31-17-15-30(16-18-31)33-21-22-35(36-25-32-19-20-34(32)41(33)36)38-27-53-45(55-38)40-14-12-24-59(40)47(61)43(29(3)4)57-49(63)65-51(8,9)10/h15-18,21-22,26-29,32,34,39-40,42-43H,11-14,19-20,23-25H2,1-10H3,(H,52,54)(H,53,55)(H,56,62)(H,57,63)/t32?,34?,39?,40?,42-,43-/m0/s1. The topological polar surface area (TPSA) is 175 Å². The van der Waals surface area contributed by atoms with Crippen LogP contribution in [0.5, 0.6) is 0 Å². The van der Waals surface area contributed by atoms with Gasteiger partial charge in [0.1, 0.15) is 34.9 Å². The van der Waals surface area contributed by atoms with Gasteiger partial charge in [-0.15, -0.1) is 0 Å². The van der Waals surface area contributed by atoms with Crippen LogP contribution in [0.15, 0.2) is 48.8 Å². The minimum Gasteiger partial charge on any atom is -0.444 e. The van der Waals surface area contributed by atoms with Crippen LogP contribution in [-0.4, -0.2) is 90.1 Å². The lowest BCUT2D eigenvalue weighted by atomic mass is 9.73. The van der Waals surface area contributed by atoms with Gasteiger partial charge in [-0.3, -0.25) is 9.59 Å². The molecular weight excluding hydrogens is 821 g/mol. The second kappa shape index (κ2) is 18.0. The molecule has 4 aromatic rings. The van der Waals surface area contributed by atoms with Gasteiger partial charge in [0, 0.05) is 18.7 Å². The molecule has 1 saturated carbocycles. The number of nitrogens with zero attached hydrogens (tertiary/aromatic N) is 4. The minimum absolute atomic E-state index is 0.120. The highest BCUT2D eigenvalue weighted by atomic mass is 16.6. The highest BCUT2D eigenvalue weighted by Gasteiger charge is 2.43. The molecule has 14 heteroatoms. The van der Waals surface area contributed by atoms with E-state index in [1.54, 1.807) is 20.8 Å². The van der Waals surface area contributed by atoms with Crippen molar-refractivity contribution in [1.82, 2.24) is 40.4 Å². The highest BCUT2D eigenvalue weighted by Crippen LogP contribution is 2.56. The maximum atomic E-state index is 14.0. The van der Waals surface area contributed by atoms with Crippen LogP contribution in [0.4, 0.5) is 9.59 Å². The smallest absolute Gasteiger partial charge is 0.408 e. The summed E-state index contributed by atoms with van der Waals surface area (Å²) in [6.45, 7) is 19.8. The predicted octanol–water partition coefficient (Wildman–Crippen LogP) is 9.61. The Morgan fingerprint density at radius 3 is 1.60 bits per heavy atom. The van der Waals surface area contributed by atoms with Crippen LogP contribution < -0.4 is 10.6 Å². The molecule has 2 aliphatic carbocycles. The molecule has 3 fully saturated rings. The molecule has 2 aromatic heterocycles. The summed E-state index contributed by atoms with van der Waals surface area (Å²) in [5.41, 5.74) is 7.93. The van der Waals surface area contributed by atoms with Crippen LogP contribution in [-0.2, 0) is 25.5 Å². The van der Waals surface area contributed by atoms with E-state index >= 15 is 0 Å². The number of H-pyrrole nitrogens is 2. The number of imidazole rings is 2. The second-order valence-corrected chi connectivity index (χ2v) is 21.3. The Morgan fingerprint density at radius 1 is 0.646 bits per heavy atom. The van der Waals surface area contributed by atoms with E-state index < -0.39 is 35.5 Å². The average Bonchev–Trinajstić information content (AvgIpc) is 4.07. The lowest BCUT2D eigenvalue weighted by Gasteiger charge is -2.31. The number of amides is 4. The second-order valence-electron chi connectivity index (χ2n) is 21.3. The number of aromatic nitrogens is 4. The number of fused-ring (bicyclic) bond motifs is 3. The Bertz CT molecular complexity index is 2400. The van der Waals surface area contributed by atoms with Gasteiger partial charge in [0.25, 0.3) is 0 Å². The fourth-order valence-corrected chi connectivity index (χ4v) is 10.3. The van der Waals surface area contributed by atoms with Gasteiger partial charge in [-0.05, 0) is 138 Å². The van der Waals surface area contributed by atoms with Crippen molar-refractivity contribution in [3.05, 3.63) is 71.6 Å². The van der Waals surface area contributed by atoms with Crippen molar-refractivity contribution in [2.24, 2.45) is 17.8 Å². The quantitative estimate of drug-likeness (QED) is 0.115. The number of hydrogen-bond acceptors (Lipinski definition) is 8. The zero-order chi connectivity index (χ0) is 46.5. The van der Waals surface area contributed by atoms with Gasteiger partial charge in [-0.1, -0.05) is 64.1 Å². The van der Waals surface area contributed by atoms with Gasteiger partial charge >= 0.3 is 12.2 Å². The van der Waals surface area contributed by atoms with Crippen molar-refractivity contribution in [3.8, 4) is 33.6 Å². The maximum Gasteiger partial charge on any atom is 0.408 e. The largest absolute Gasteiger partial charge is 0.444 e. The first-order valence-electron chi connectivity index (χ1n) is 23.7. The molecule has 8 rings (SSSR count). The molecule has 348 valence electrons. The van der Waals surface area contributed by atoms with Gasteiger partial charge in [0.2, 0.25) is 11.8 Å². The molecule has 4 amide bonds. The fourth-order valence-electron chi connectivity index (χ4n) is 10.3. The molecule has 2 aliphatic heterocycles. The third kappa shape index (κ3) is 9.68. The van der Waals surface area contributed by atoms with Crippen LogP contribution in [0.2, 0.25) is 0 Å². The Balaban J connectivity index is 0.984. The summed E-state index contributed by atoms with van der Waals surface area (Å²) >= 11 is 0. The van der Waals surface area contributed by atoms with Crippen molar-refractivity contribution in [2.75, 3.05) is 13.1 Å². The molecule has 14 nitrogen and oxygen atoms in total. The van der Waals surface area contributed by atoms with E-state index in [0.29, 0.717) is 24.9 Å². The molecule has 4 unspecified atom stereocenters. The normalized spacial score (nSPS) is 21.5. The number of nitrogens with one attached hydrogen (secondary N) is 4. The number of carbonyl (C=O) groups excluding carboxylic acids is 4. The van der Waals surface area contributed by atoms with E-state index in [-0.39, 0.29) is 35.7 Å². The molecule has 0 radical (unpaired) electrons. The van der Waals surface area contributed by atoms with E-state index in [4.69, 9.17) is 19.4 Å². The molecule has 2 saturated heterocycles. The van der Waals surface area contributed by atoms with Crippen LogP contribution in [0.1, 0.15) is 149 Å². The number of carbonyl (C=O) groups is 4. The summed E-state index contributed by atoms with van der Waals surface area (Å²) in [6, 6.07) is 11.3. The molecule has 6 atom stereocenters. The molecule has 65 heavy (non-hydrogen) atoms. The number of rotatable bonds is 11. The summed E-state index contributed by atoms with van der Waals surface area (Å²) in [7, 11) is 0. The third-order valence-electron chi connectivity index (χ3n) is 13.5. The van der Waals surface area contributed by atoms with Crippen LogP contribution >= 0.6 is 0 Å². The molecular formula is C51H68N8O6. The Labute approximate surface area is 383 Å². The number of aromatic amines is 2. The zero-order valence-electron chi connectivity index (χ0n) is 39.8. The molecule has 0 bridgehead atoms. The van der Waals surface area contributed by atoms with E-state index in [1.165, 1.54) is 40.7 Å². The van der Waals surface area contributed by atoms with Gasteiger partial charge in [-0.25, -0.2) is 19.6 Å². The fraction of sp³-hybridized carbons (Fsp3) is 0.569. The molecule has 2 aromatic carbocycles. The summed E-state index contributed by atoms with van der Waals surface area (Å²) in [5, 5.41) is 5.67. The Hall–Kier alpha value is -5.66. The van der Waals surface area contributed by atoms with Gasteiger partial charge in [0.15, 0.2) is 0 Å². The number of likely N-dealkylation sites (tertiary alicyclic amines) is 2. The van der Waals surface area contributed by atoms with E-state index in [2.05, 4.69) is 57.0 Å². The zero-order valence-corrected chi connectivity index (χ0v) is 39.8. The van der Waals surface area contributed by atoms with Crippen molar-refractivity contribution in [2.45, 2.75) is 155 Å². The average molecular weight is 889 g/mol. The monoisotopic (exact) mass is 889 g/mol. The number of alkyl carbamates (subject to hydrolysis) is 2. The summed E-state index contributed by atoms with van der Waals surface area (Å²) < 4.78 is 11.0. The van der Waals surface area contributed by atoms with Gasteiger partial charge in [0.05, 0.1) is 35.9 Å². The summed E-state index contributed by atoms with van der Waals surface area (Å²) in [4.78, 5) is 73.9. The molecule has 4 N–H and O–H groups in total. The van der Waals surface area contributed by atoms with Crippen LogP contribution in [0.25, 0.3) is 33.6 Å². The van der Waals surface area contributed by atoms with E-state index in [1.807, 2.05) is 70.7 Å². The predicted molar refractivity (Wildman–Crippen MR) is 250 cm³/mol. The van der Waals surface area contributed by atoms with Crippen molar-refractivity contribution >= 4 is 24.0 Å². The highest BCUT2D eigenvalue weighted by molar-refractivity contribution is 5.87. The van der Waals surface area contributed by atoms with Crippen LogP contribution in [0, 0.1) is 17.8 Å². The first-order valence-corrected chi connectivity index (χ1v) is 23.7. The summed E-state index contributed by atoms with van der Waals surface area (Å²) in [6.07, 6.45) is 9.29. The van der Waals surface area contributed by atoms with Crippen LogP contribution in [0.3, 0.4) is 0 Å². The Morgan fingerprint density at radius 2 is 1.12 bits per heavy atom. The van der Waals surface area contributed by atoms with Gasteiger partial charge in [-0.2, -0.15) is 0 Å². The number of hydrogen-bond donors (Lipinski definition) is 4. The summed E-state index contributed by atoms with van der Waals surface area (Å²) in [5.74, 6) is 2.17. The van der Waals surface area contributed by atoms with E-state index in [0.717, 1.165) is 60.7 Å². The lowest BCUT2D eigenvalue weighted by Crippen LogP contribution is -2.52. The Kier molecular flexibility index (Phi) is 12.7. The first-order chi connectivity index (χ1) is 30.8. The van der Waals surface area contributed by atoms with Crippen molar-refractivity contribution in [1.29, 1.82) is 0 Å². The van der Waals surface area contributed by atoms with Crippen molar-refractivity contribution < 1.29 is 28.7 Å². The third-order valence-corrected chi connectivity index (χ3v) is 13.5. The molecule has 0 spiro atoms. The number of ether oxygens (including phenoxy) is 2. The van der Waals surface area contributed by atoms with Gasteiger partial charge < -0.3 is 39.9 Å². The first kappa shape index (κ1) is 45.9. The molecule has 4 aliphatic rings. The maximum absolute atomic E-state index is 14.0. The molecule has 4 heterocycles. The number of benzene rings is 2. The minimum atomic E-state index is -0.713. The van der Waals surface area contributed by atoms with Crippen molar-refractivity contribution in [3.63, 3.8) is 0 Å². The lowest BCUT2D eigenvalue weighted by molar-refractivity contribution is -0.136. The SMILES string of the molecule is CC(C)[C@H](NC(=O)OC(C)(C)C)C(=O)N1CCCC1c1ncc(-c2ccc(-c3ccc(-c4cnc(C5CCCN5C(=O)[C@@H](NC(=O)OC(C)(C)C)C(C)C)[nH]4)c4c3C3CCC3C4)cc2)[nH]1.